The molecule has 0 atom stereocenters. The summed E-state index contributed by atoms with van der Waals surface area (Å²) in [5.74, 6) is -0.690. The first kappa shape index (κ1) is 7.43. The third-order valence-electron chi connectivity index (χ3n) is 0.482. The molecule has 0 radical (unpaired) electrons. The summed E-state index contributed by atoms with van der Waals surface area (Å²) in [4.78, 5) is 12.5. The highest BCUT2D eigenvalue weighted by Gasteiger charge is 1.95. The van der Waals surface area contributed by atoms with Crippen molar-refractivity contribution in [3.8, 4) is 0 Å². The Morgan fingerprint density at radius 1 is 1.50 bits per heavy atom. The zero-order valence-corrected chi connectivity index (χ0v) is 4.89. The van der Waals surface area contributed by atoms with E-state index in [1.807, 2.05) is 0 Å². The molecule has 1 aliphatic rings. The summed E-state index contributed by atoms with van der Waals surface area (Å²) in [5, 5.41) is 7.29. The molecule has 0 saturated heterocycles. The Morgan fingerprint density at radius 3 is 1.75 bits per heavy atom. The second-order valence-electron chi connectivity index (χ2n) is 1.64. The van der Waals surface area contributed by atoms with Crippen LogP contribution >= 0.6 is 0 Å². The largest absolute Gasteiger partial charge is 0.339 e. The van der Waals surface area contributed by atoms with E-state index in [1.54, 1.807) is 0 Å². The average molecular weight is 118 g/mol. The molecule has 0 aromatic rings. The van der Waals surface area contributed by atoms with E-state index in [2.05, 4.69) is 4.89 Å². The average Bonchev–Trinajstić information content (AvgIpc) is 2.48. The van der Waals surface area contributed by atoms with Gasteiger partial charge < -0.3 is 4.89 Å². The van der Waals surface area contributed by atoms with Crippen molar-refractivity contribution in [1.29, 1.82) is 0 Å². The number of hydrogen-bond acceptors (Lipinski definition) is 3. The van der Waals surface area contributed by atoms with E-state index in [4.69, 9.17) is 5.26 Å². The van der Waals surface area contributed by atoms with Gasteiger partial charge in [-0.05, 0) is 0 Å². The molecule has 1 rings (SSSR count). The highest BCUT2D eigenvalue weighted by Crippen LogP contribution is 2.14. The number of carbonyl (C=O) groups excluding carboxylic acids is 1. The Bertz CT molecular complexity index is 65.3. The van der Waals surface area contributed by atoms with E-state index in [9.17, 15) is 4.79 Å². The van der Waals surface area contributed by atoms with Crippen molar-refractivity contribution in [2.24, 2.45) is 0 Å². The normalized spacial score (nSPS) is 13.2. The van der Waals surface area contributed by atoms with Crippen LogP contribution in [0.1, 0.15) is 26.2 Å². The zero-order valence-electron chi connectivity index (χ0n) is 4.89. The molecule has 0 bridgehead atoms. The predicted molar refractivity (Wildman–Crippen MR) is 28.2 cm³/mol. The molecule has 0 aromatic heterocycles. The van der Waals surface area contributed by atoms with Crippen LogP contribution in [0.2, 0.25) is 0 Å². The fourth-order valence-corrected chi connectivity index (χ4v) is 0. The second kappa shape index (κ2) is 4.59. The lowest BCUT2D eigenvalue weighted by Crippen LogP contribution is -1.89. The summed E-state index contributed by atoms with van der Waals surface area (Å²) in [6.07, 6.45) is 4.50. The van der Waals surface area contributed by atoms with Crippen LogP contribution in [-0.4, -0.2) is 11.2 Å². The summed E-state index contributed by atoms with van der Waals surface area (Å²) < 4.78 is 0. The zero-order chi connectivity index (χ0) is 6.41. The summed E-state index contributed by atoms with van der Waals surface area (Å²) in [7, 11) is 0. The van der Waals surface area contributed by atoms with E-state index in [1.165, 1.54) is 19.3 Å². The molecule has 1 aliphatic carbocycles. The summed E-state index contributed by atoms with van der Waals surface area (Å²) >= 11 is 0. The second-order valence-corrected chi connectivity index (χ2v) is 1.64. The SMILES string of the molecule is C1CC1.CC(=O)OO. The van der Waals surface area contributed by atoms with E-state index >= 15 is 0 Å². The lowest BCUT2D eigenvalue weighted by Gasteiger charge is -1.76. The molecule has 1 N–H and O–H groups in total. The highest BCUT2D eigenvalue weighted by molar-refractivity contribution is 5.64. The van der Waals surface area contributed by atoms with Gasteiger partial charge in [0.25, 0.3) is 0 Å². The van der Waals surface area contributed by atoms with Crippen LogP contribution in [-0.2, 0) is 9.68 Å². The Morgan fingerprint density at radius 2 is 1.75 bits per heavy atom. The van der Waals surface area contributed by atoms with Crippen LogP contribution in [0.5, 0.6) is 0 Å². The molecule has 1 fully saturated rings. The van der Waals surface area contributed by atoms with Crippen LogP contribution in [0.3, 0.4) is 0 Å². The first-order chi connectivity index (χ1) is 3.77. The van der Waals surface area contributed by atoms with Gasteiger partial charge in [-0.15, -0.1) is 0 Å². The van der Waals surface area contributed by atoms with Gasteiger partial charge in [-0.25, -0.2) is 4.79 Å². The number of rotatable bonds is 0. The van der Waals surface area contributed by atoms with Crippen molar-refractivity contribution in [3.05, 3.63) is 0 Å². The minimum atomic E-state index is -0.690. The van der Waals surface area contributed by atoms with Crippen LogP contribution in [0, 0.1) is 0 Å². The maximum absolute atomic E-state index is 9.34. The fourth-order valence-electron chi connectivity index (χ4n) is 0. The van der Waals surface area contributed by atoms with Crippen molar-refractivity contribution < 1.29 is 14.9 Å². The molecule has 0 amide bonds. The van der Waals surface area contributed by atoms with Crippen molar-refractivity contribution >= 4 is 5.97 Å². The van der Waals surface area contributed by atoms with Gasteiger partial charge in [-0.1, -0.05) is 19.3 Å². The molecule has 3 heteroatoms. The lowest BCUT2D eigenvalue weighted by atomic mass is 10.9. The van der Waals surface area contributed by atoms with Crippen LogP contribution in [0.15, 0.2) is 0 Å². The Hall–Kier alpha value is -0.570. The topological polar surface area (TPSA) is 46.5 Å². The molecule has 1 saturated carbocycles. The van der Waals surface area contributed by atoms with E-state index in [0.717, 1.165) is 6.92 Å². The summed E-state index contributed by atoms with van der Waals surface area (Å²) in [5.41, 5.74) is 0. The Balaban J connectivity index is 0.000000135. The quantitative estimate of drug-likeness (QED) is 0.384. The van der Waals surface area contributed by atoms with Gasteiger partial charge in [0.1, 0.15) is 0 Å². The Labute approximate surface area is 48.2 Å². The summed E-state index contributed by atoms with van der Waals surface area (Å²) in [6.45, 7) is 1.11. The maximum atomic E-state index is 9.34. The van der Waals surface area contributed by atoms with Gasteiger partial charge in [0.05, 0.1) is 0 Å². The van der Waals surface area contributed by atoms with Crippen molar-refractivity contribution in [2.45, 2.75) is 26.2 Å². The third kappa shape index (κ3) is 18.0. The highest BCUT2D eigenvalue weighted by atomic mass is 17.1. The lowest BCUT2D eigenvalue weighted by molar-refractivity contribution is -0.231. The van der Waals surface area contributed by atoms with Crippen molar-refractivity contribution in [1.82, 2.24) is 0 Å². The van der Waals surface area contributed by atoms with Gasteiger partial charge in [0.2, 0.25) is 0 Å². The van der Waals surface area contributed by atoms with Gasteiger partial charge in [0, 0.05) is 6.92 Å². The number of hydrogen-bond donors (Lipinski definition) is 1. The minimum Gasteiger partial charge on any atom is -0.301 e. The van der Waals surface area contributed by atoms with Crippen LogP contribution in [0.4, 0.5) is 0 Å². The Kier molecular flexibility index (Phi) is 4.26. The molecule has 3 nitrogen and oxygen atoms in total. The first-order valence-electron chi connectivity index (χ1n) is 2.59. The minimum absolute atomic E-state index is 0.690. The van der Waals surface area contributed by atoms with Gasteiger partial charge >= 0.3 is 5.97 Å². The molecule has 0 aliphatic heterocycles. The van der Waals surface area contributed by atoms with E-state index < -0.39 is 5.97 Å². The molecule has 0 heterocycles. The van der Waals surface area contributed by atoms with Gasteiger partial charge in [-0.3, -0.25) is 0 Å². The van der Waals surface area contributed by atoms with Gasteiger partial charge in [0.15, 0.2) is 0 Å². The fraction of sp³-hybridized carbons (Fsp3) is 0.800. The first-order valence-corrected chi connectivity index (χ1v) is 2.59. The van der Waals surface area contributed by atoms with Gasteiger partial charge in [-0.2, -0.15) is 5.26 Å². The summed E-state index contributed by atoms with van der Waals surface area (Å²) in [6, 6.07) is 0. The molecule has 48 valence electrons. The van der Waals surface area contributed by atoms with E-state index in [0.29, 0.717) is 0 Å². The molecular formula is C5H10O3. The monoisotopic (exact) mass is 118 g/mol. The van der Waals surface area contributed by atoms with Crippen molar-refractivity contribution in [3.63, 3.8) is 0 Å². The molecular weight excluding hydrogens is 108 g/mol. The molecule has 0 unspecified atom stereocenters. The molecule has 8 heavy (non-hydrogen) atoms. The van der Waals surface area contributed by atoms with Crippen LogP contribution in [0.25, 0.3) is 0 Å². The predicted octanol–water partition coefficient (Wildman–Crippen LogP) is 1.19. The standard InChI is InChI=1S/C3H6.C2H4O3/c1-2-3-1;1-2(3)5-4/h1-3H2;4H,1H3. The maximum Gasteiger partial charge on any atom is 0.339 e. The van der Waals surface area contributed by atoms with E-state index in [-0.39, 0.29) is 0 Å². The molecule has 0 spiro atoms. The third-order valence-corrected chi connectivity index (χ3v) is 0.482. The molecule has 0 aromatic carbocycles. The smallest absolute Gasteiger partial charge is 0.301 e. The number of carbonyl (C=O) groups is 1. The van der Waals surface area contributed by atoms with Crippen molar-refractivity contribution in [2.75, 3.05) is 0 Å². The van der Waals surface area contributed by atoms with Crippen LogP contribution < -0.4 is 0 Å².